The fraction of sp³-hybridized carbons (Fsp3) is 0.222. The van der Waals surface area contributed by atoms with Crippen LogP contribution in [0.2, 0.25) is 0 Å². The molecule has 1 fully saturated rings. The molecular weight excluding hydrogens is 350 g/mol. The van der Waals surface area contributed by atoms with Crippen molar-refractivity contribution < 1.29 is 18.8 Å². The molecule has 0 bridgehead atoms. The molecule has 0 saturated carbocycles. The molecule has 1 aliphatic heterocycles. The van der Waals surface area contributed by atoms with Crippen molar-refractivity contribution in [2.75, 3.05) is 23.4 Å². The van der Waals surface area contributed by atoms with E-state index >= 15 is 0 Å². The third-order valence-electron chi connectivity index (χ3n) is 4.05. The molecule has 1 saturated heterocycles. The van der Waals surface area contributed by atoms with Crippen molar-refractivity contribution in [2.45, 2.75) is 13.5 Å². The molecule has 3 aromatic rings. The van der Waals surface area contributed by atoms with E-state index in [1.165, 1.54) is 4.90 Å². The van der Waals surface area contributed by atoms with Gasteiger partial charge in [-0.3, -0.25) is 14.4 Å². The molecule has 2 amide bonds. The van der Waals surface area contributed by atoms with Gasteiger partial charge in [0.1, 0.15) is 13.2 Å². The quantitative estimate of drug-likeness (QED) is 0.743. The molecule has 4 rings (SSSR count). The molecule has 27 heavy (non-hydrogen) atoms. The Bertz CT molecular complexity index is 993. The zero-order valence-electron chi connectivity index (χ0n) is 14.6. The van der Waals surface area contributed by atoms with Crippen molar-refractivity contribution in [3.63, 3.8) is 0 Å². The highest BCUT2D eigenvalue weighted by molar-refractivity contribution is 6.03. The molecular formula is C18H17N5O4. The summed E-state index contributed by atoms with van der Waals surface area (Å²) in [6, 6.07) is 8.55. The van der Waals surface area contributed by atoms with Crippen molar-refractivity contribution in [3.05, 3.63) is 59.7 Å². The van der Waals surface area contributed by atoms with Crippen LogP contribution in [-0.2, 0) is 11.3 Å². The summed E-state index contributed by atoms with van der Waals surface area (Å²) in [5.41, 5.74) is 2.41. The Labute approximate surface area is 154 Å². The minimum atomic E-state index is -0.400. The van der Waals surface area contributed by atoms with Gasteiger partial charge in [0.05, 0.1) is 12.7 Å². The van der Waals surface area contributed by atoms with E-state index in [9.17, 15) is 9.59 Å². The highest BCUT2D eigenvalue weighted by Crippen LogP contribution is 2.22. The molecule has 138 valence electrons. The molecule has 2 aromatic heterocycles. The Morgan fingerprint density at radius 3 is 2.96 bits per heavy atom. The van der Waals surface area contributed by atoms with Gasteiger partial charge in [-0.15, -0.1) is 0 Å². The molecule has 0 spiro atoms. The average Bonchev–Trinajstić information content (AvgIpc) is 3.37. The number of rotatable bonds is 5. The van der Waals surface area contributed by atoms with Crippen molar-refractivity contribution in [2.24, 2.45) is 0 Å². The van der Waals surface area contributed by atoms with Crippen LogP contribution in [0, 0.1) is 6.92 Å². The fourth-order valence-corrected chi connectivity index (χ4v) is 2.78. The number of carbonyl (C=O) groups excluding carboxylic acids is 2. The van der Waals surface area contributed by atoms with Crippen LogP contribution < -0.4 is 10.2 Å². The number of aromatic nitrogens is 3. The first-order valence-corrected chi connectivity index (χ1v) is 8.39. The van der Waals surface area contributed by atoms with Gasteiger partial charge in [-0.1, -0.05) is 11.2 Å². The van der Waals surface area contributed by atoms with Crippen molar-refractivity contribution in [1.82, 2.24) is 14.9 Å². The number of nitrogens with zero attached hydrogens (tertiary/aromatic N) is 4. The lowest BCUT2D eigenvalue weighted by Gasteiger charge is -2.13. The highest BCUT2D eigenvalue weighted by Gasteiger charge is 2.23. The Morgan fingerprint density at radius 1 is 1.33 bits per heavy atom. The number of carbonyl (C=O) groups is 2. The van der Waals surface area contributed by atoms with E-state index in [1.807, 2.05) is 13.1 Å². The normalized spacial score (nSPS) is 13.7. The summed E-state index contributed by atoms with van der Waals surface area (Å²) in [4.78, 5) is 25.6. The Kier molecular flexibility index (Phi) is 4.33. The van der Waals surface area contributed by atoms with Gasteiger partial charge in [0, 0.05) is 23.6 Å². The number of benzene rings is 1. The van der Waals surface area contributed by atoms with E-state index in [1.54, 1.807) is 41.2 Å². The first-order valence-electron chi connectivity index (χ1n) is 8.39. The third-order valence-corrected chi connectivity index (χ3v) is 4.05. The van der Waals surface area contributed by atoms with Gasteiger partial charge >= 0.3 is 6.09 Å². The molecule has 0 aliphatic carbocycles. The maximum atomic E-state index is 12.4. The summed E-state index contributed by atoms with van der Waals surface area (Å²) in [7, 11) is 0. The number of ether oxygens (including phenoxy) is 1. The summed E-state index contributed by atoms with van der Waals surface area (Å²) in [6.07, 6.45) is 3.22. The van der Waals surface area contributed by atoms with Gasteiger partial charge in [0.25, 0.3) is 5.91 Å². The van der Waals surface area contributed by atoms with Crippen LogP contribution in [0.4, 0.5) is 16.2 Å². The van der Waals surface area contributed by atoms with E-state index in [2.05, 4.69) is 15.6 Å². The molecule has 0 unspecified atom stereocenters. The number of aryl methyl sites for hydroxylation is 1. The van der Waals surface area contributed by atoms with E-state index in [0.717, 1.165) is 5.56 Å². The summed E-state index contributed by atoms with van der Waals surface area (Å²) in [5, 5.41) is 10.7. The summed E-state index contributed by atoms with van der Waals surface area (Å²) < 4.78 is 11.9. The predicted octanol–water partition coefficient (Wildman–Crippen LogP) is 2.44. The second-order valence-corrected chi connectivity index (χ2v) is 6.16. The predicted molar refractivity (Wildman–Crippen MR) is 95.7 cm³/mol. The van der Waals surface area contributed by atoms with Crippen molar-refractivity contribution in [1.29, 1.82) is 0 Å². The van der Waals surface area contributed by atoms with Gasteiger partial charge in [-0.05, 0) is 30.7 Å². The summed E-state index contributed by atoms with van der Waals surface area (Å²) in [6.45, 7) is 3.17. The van der Waals surface area contributed by atoms with Gasteiger partial charge < -0.3 is 14.6 Å². The lowest BCUT2D eigenvalue weighted by Crippen LogP contribution is -2.23. The largest absolute Gasteiger partial charge is 0.447 e. The SMILES string of the molecule is Cc1cnn(Cc2cc(C(=O)Nc3cccc(N4CCOC4=O)c3)no2)c1. The van der Waals surface area contributed by atoms with E-state index in [0.29, 0.717) is 36.8 Å². The van der Waals surface area contributed by atoms with E-state index < -0.39 is 12.0 Å². The number of hydrogen-bond acceptors (Lipinski definition) is 6. The molecule has 9 nitrogen and oxygen atoms in total. The second kappa shape index (κ2) is 6.94. The molecule has 0 atom stereocenters. The maximum absolute atomic E-state index is 12.4. The fourth-order valence-electron chi connectivity index (χ4n) is 2.78. The van der Waals surface area contributed by atoms with Gasteiger partial charge in [-0.25, -0.2) is 4.79 Å². The first-order chi connectivity index (χ1) is 13.1. The van der Waals surface area contributed by atoms with E-state index in [-0.39, 0.29) is 5.69 Å². The average molecular weight is 367 g/mol. The van der Waals surface area contributed by atoms with Crippen molar-refractivity contribution in [3.8, 4) is 0 Å². The Morgan fingerprint density at radius 2 is 2.22 bits per heavy atom. The number of nitrogens with one attached hydrogen (secondary N) is 1. The Hall–Kier alpha value is -3.62. The minimum absolute atomic E-state index is 0.167. The smallest absolute Gasteiger partial charge is 0.414 e. The monoisotopic (exact) mass is 367 g/mol. The van der Waals surface area contributed by atoms with Gasteiger partial charge in [0.15, 0.2) is 11.5 Å². The topological polar surface area (TPSA) is 102 Å². The van der Waals surface area contributed by atoms with Crippen LogP contribution in [-0.4, -0.2) is 40.1 Å². The van der Waals surface area contributed by atoms with Crippen LogP contribution in [0.5, 0.6) is 0 Å². The standard InChI is InChI=1S/C18H17N5O4/c1-12-9-19-22(10-12)11-15-8-16(21-27-15)17(24)20-13-3-2-4-14(7-13)23-5-6-26-18(23)25/h2-4,7-10H,5-6,11H2,1H3,(H,20,24). The van der Waals surface area contributed by atoms with Gasteiger partial charge in [-0.2, -0.15) is 5.10 Å². The molecule has 3 heterocycles. The Balaban J connectivity index is 1.44. The highest BCUT2D eigenvalue weighted by atomic mass is 16.6. The van der Waals surface area contributed by atoms with Crippen molar-refractivity contribution >= 4 is 23.4 Å². The lowest BCUT2D eigenvalue weighted by molar-refractivity contribution is 0.101. The lowest BCUT2D eigenvalue weighted by atomic mass is 10.2. The maximum Gasteiger partial charge on any atom is 0.414 e. The van der Waals surface area contributed by atoms with Crippen LogP contribution in [0.1, 0.15) is 21.8 Å². The molecule has 1 N–H and O–H groups in total. The summed E-state index contributed by atoms with van der Waals surface area (Å²) in [5.74, 6) is 0.125. The zero-order chi connectivity index (χ0) is 18.8. The number of cyclic esters (lactones) is 1. The van der Waals surface area contributed by atoms with Crippen LogP contribution in [0.3, 0.4) is 0 Å². The zero-order valence-corrected chi connectivity index (χ0v) is 14.6. The molecule has 0 radical (unpaired) electrons. The minimum Gasteiger partial charge on any atom is -0.447 e. The van der Waals surface area contributed by atoms with Crippen LogP contribution >= 0.6 is 0 Å². The second-order valence-electron chi connectivity index (χ2n) is 6.16. The van der Waals surface area contributed by atoms with Crippen LogP contribution in [0.25, 0.3) is 0 Å². The number of anilines is 2. The molecule has 9 heteroatoms. The number of amides is 2. The van der Waals surface area contributed by atoms with Gasteiger partial charge in [0.2, 0.25) is 0 Å². The molecule has 1 aromatic carbocycles. The molecule has 1 aliphatic rings. The third kappa shape index (κ3) is 3.66. The van der Waals surface area contributed by atoms with Crippen LogP contribution in [0.15, 0.2) is 47.2 Å². The summed E-state index contributed by atoms with van der Waals surface area (Å²) >= 11 is 0. The van der Waals surface area contributed by atoms with E-state index in [4.69, 9.17) is 9.26 Å². The number of hydrogen-bond donors (Lipinski definition) is 1. The first kappa shape index (κ1) is 16.8.